The molecule has 2 aromatic heterocycles. The zero-order chi connectivity index (χ0) is 13.4. The van der Waals surface area contributed by atoms with Crippen molar-refractivity contribution in [3.8, 4) is 21.1 Å². The van der Waals surface area contributed by atoms with E-state index < -0.39 is 0 Å². The van der Waals surface area contributed by atoms with Crippen molar-refractivity contribution in [2.45, 2.75) is 0 Å². The van der Waals surface area contributed by atoms with Gasteiger partial charge in [-0.15, -0.1) is 22.7 Å². The summed E-state index contributed by atoms with van der Waals surface area (Å²) < 4.78 is 1.18. The van der Waals surface area contributed by atoms with Gasteiger partial charge in [-0.05, 0) is 0 Å². The Hall–Kier alpha value is -2.04. The van der Waals surface area contributed by atoms with E-state index in [0.29, 0.717) is 0 Å². The van der Waals surface area contributed by atoms with Gasteiger partial charge in [0.1, 0.15) is 14.0 Å². The van der Waals surface area contributed by atoms with E-state index >= 15 is 0 Å². The summed E-state index contributed by atoms with van der Waals surface area (Å²) in [6, 6.07) is 20.5. The first-order chi connectivity index (χ1) is 9.90. The fraction of sp³-hybridized carbons (Fsp3) is 0. The fourth-order valence-electron chi connectivity index (χ4n) is 2.05. The molecular weight excluding hydrogens is 284 g/mol. The van der Waals surface area contributed by atoms with Crippen molar-refractivity contribution in [3.05, 3.63) is 60.7 Å². The van der Waals surface area contributed by atoms with E-state index in [0.717, 1.165) is 26.8 Å². The van der Waals surface area contributed by atoms with Crippen LogP contribution in [0.2, 0.25) is 0 Å². The number of hydrogen-bond acceptors (Lipinski definition) is 4. The molecule has 2 heterocycles. The summed E-state index contributed by atoms with van der Waals surface area (Å²) in [6.45, 7) is 0. The second kappa shape index (κ2) is 4.81. The van der Waals surface area contributed by atoms with Gasteiger partial charge < -0.3 is 0 Å². The molecule has 0 saturated carbocycles. The van der Waals surface area contributed by atoms with Gasteiger partial charge >= 0.3 is 0 Å². The highest BCUT2D eigenvalue weighted by atomic mass is 32.2. The van der Waals surface area contributed by atoms with E-state index in [1.807, 2.05) is 36.4 Å². The summed E-state index contributed by atoms with van der Waals surface area (Å²) in [5, 5.41) is 2.08. The third-order valence-electron chi connectivity index (χ3n) is 3.02. The summed E-state index contributed by atoms with van der Waals surface area (Å²) in [5.74, 6) is 0. The molecule has 0 spiro atoms. The van der Waals surface area contributed by atoms with Crippen LogP contribution in [0.3, 0.4) is 0 Å². The summed E-state index contributed by atoms with van der Waals surface area (Å²) in [7, 11) is 0. The molecule has 0 aliphatic rings. The highest BCUT2D eigenvalue weighted by molar-refractivity contribution is 7.40. The van der Waals surface area contributed by atoms with Crippen molar-refractivity contribution >= 4 is 32.3 Å². The molecule has 4 aromatic rings. The van der Waals surface area contributed by atoms with Crippen LogP contribution < -0.4 is 0 Å². The molecule has 20 heavy (non-hydrogen) atoms. The van der Waals surface area contributed by atoms with E-state index in [-0.39, 0.29) is 0 Å². The fourth-order valence-corrected chi connectivity index (χ4v) is 4.18. The molecule has 0 atom stereocenters. The highest BCUT2D eigenvalue weighted by Crippen LogP contribution is 2.36. The molecule has 4 heteroatoms. The van der Waals surface area contributed by atoms with E-state index in [1.54, 1.807) is 22.7 Å². The van der Waals surface area contributed by atoms with E-state index in [2.05, 4.69) is 34.2 Å². The van der Waals surface area contributed by atoms with E-state index in [1.165, 1.54) is 4.01 Å². The van der Waals surface area contributed by atoms with Crippen molar-refractivity contribution in [1.82, 2.24) is 9.97 Å². The van der Waals surface area contributed by atoms with Gasteiger partial charge in [0.05, 0.1) is 0 Å². The summed E-state index contributed by atoms with van der Waals surface area (Å²) in [5.41, 5.74) is 3.17. The number of nitrogens with zero attached hydrogens (tertiary/aromatic N) is 2. The second-order valence-electron chi connectivity index (χ2n) is 4.38. The number of aromatic nitrogens is 2. The Morgan fingerprint density at radius 1 is 0.600 bits per heavy atom. The standard InChI is InChI=1S/C16H10N2S2/c1-3-7-11(8-4-1)14-17-13-16(19-14)20-15(18-13)12-9-5-2-6-10-12/h1-10H. The average molecular weight is 294 g/mol. The van der Waals surface area contributed by atoms with Gasteiger partial charge in [0.2, 0.25) is 0 Å². The molecule has 0 amide bonds. The number of hydrogen-bond donors (Lipinski definition) is 0. The molecule has 0 aliphatic carbocycles. The van der Waals surface area contributed by atoms with E-state index in [9.17, 15) is 0 Å². The van der Waals surface area contributed by atoms with Crippen LogP contribution in [0.5, 0.6) is 0 Å². The maximum absolute atomic E-state index is 4.65. The van der Waals surface area contributed by atoms with Gasteiger partial charge in [-0.25, -0.2) is 9.97 Å². The predicted octanol–water partition coefficient (Wildman–Crippen LogP) is 5.09. The highest BCUT2D eigenvalue weighted by Gasteiger charge is 2.12. The van der Waals surface area contributed by atoms with Crippen LogP contribution in [0.1, 0.15) is 0 Å². The monoisotopic (exact) mass is 294 g/mol. The molecule has 0 N–H and O–H groups in total. The zero-order valence-corrected chi connectivity index (χ0v) is 12.1. The molecule has 2 nitrogen and oxygen atoms in total. The van der Waals surface area contributed by atoms with Gasteiger partial charge in [-0.1, -0.05) is 60.7 Å². The van der Waals surface area contributed by atoms with Gasteiger partial charge in [0.15, 0.2) is 5.65 Å². The molecular formula is C16H10N2S2. The maximum Gasteiger partial charge on any atom is 0.182 e. The third kappa shape index (κ3) is 2.03. The molecule has 4 rings (SSSR count). The Bertz CT molecular complexity index is 747. The van der Waals surface area contributed by atoms with Crippen LogP contribution in [0.4, 0.5) is 0 Å². The lowest BCUT2D eigenvalue weighted by atomic mass is 10.2. The van der Waals surface area contributed by atoms with Gasteiger partial charge in [-0.3, -0.25) is 0 Å². The van der Waals surface area contributed by atoms with Crippen molar-refractivity contribution in [3.63, 3.8) is 0 Å². The first-order valence-electron chi connectivity index (χ1n) is 6.28. The lowest BCUT2D eigenvalue weighted by Crippen LogP contribution is -1.77. The van der Waals surface area contributed by atoms with E-state index in [4.69, 9.17) is 0 Å². The molecule has 96 valence electrons. The minimum Gasteiger partial charge on any atom is -0.215 e. The minimum atomic E-state index is 0.859. The Morgan fingerprint density at radius 3 is 1.45 bits per heavy atom. The Labute approximate surface area is 124 Å². The van der Waals surface area contributed by atoms with Gasteiger partial charge in [0, 0.05) is 11.1 Å². The number of thiazole rings is 2. The second-order valence-corrected chi connectivity index (χ2v) is 6.64. The lowest BCUT2D eigenvalue weighted by molar-refractivity contribution is 1.36. The van der Waals surface area contributed by atoms with Gasteiger partial charge in [0.25, 0.3) is 0 Å². The van der Waals surface area contributed by atoms with Crippen LogP contribution in [0.25, 0.3) is 30.8 Å². The Morgan fingerprint density at radius 2 is 1.05 bits per heavy atom. The smallest absolute Gasteiger partial charge is 0.182 e. The molecule has 0 aliphatic heterocycles. The molecule has 0 fully saturated rings. The number of rotatable bonds is 2. The SMILES string of the molecule is c1ccc(-c2nc3nc(-c4ccccc4)sc3s2)cc1. The average Bonchev–Trinajstić information content (AvgIpc) is 3.08. The molecule has 0 bridgehead atoms. The quantitative estimate of drug-likeness (QED) is 0.515. The van der Waals surface area contributed by atoms with Crippen LogP contribution in [0.15, 0.2) is 60.7 Å². The summed E-state index contributed by atoms with van der Waals surface area (Å²) >= 11 is 3.42. The molecule has 2 aromatic carbocycles. The first kappa shape index (κ1) is 11.8. The Kier molecular flexibility index (Phi) is 2.83. The predicted molar refractivity (Wildman–Crippen MR) is 86.2 cm³/mol. The summed E-state index contributed by atoms with van der Waals surface area (Å²) in [6.07, 6.45) is 0. The van der Waals surface area contributed by atoms with Crippen LogP contribution in [0, 0.1) is 0 Å². The third-order valence-corrected chi connectivity index (χ3v) is 5.29. The summed E-state index contributed by atoms with van der Waals surface area (Å²) in [4.78, 5) is 9.29. The molecule has 0 saturated heterocycles. The zero-order valence-electron chi connectivity index (χ0n) is 10.5. The van der Waals surface area contributed by atoms with Gasteiger partial charge in [-0.2, -0.15) is 0 Å². The normalized spacial score (nSPS) is 11.0. The van der Waals surface area contributed by atoms with Crippen molar-refractivity contribution in [1.29, 1.82) is 0 Å². The maximum atomic E-state index is 4.65. The first-order valence-corrected chi connectivity index (χ1v) is 7.92. The topological polar surface area (TPSA) is 25.8 Å². The van der Waals surface area contributed by atoms with Crippen LogP contribution in [-0.4, -0.2) is 9.97 Å². The number of fused-ring (bicyclic) bond motifs is 1. The van der Waals surface area contributed by atoms with Crippen LogP contribution in [-0.2, 0) is 0 Å². The van der Waals surface area contributed by atoms with Crippen LogP contribution >= 0.6 is 22.7 Å². The van der Waals surface area contributed by atoms with Crippen molar-refractivity contribution in [2.75, 3.05) is 0 Å². The largest absolute Gasteiger partial charge is 0.215 e. The minimum absolute atomic E-state index is 0.859. The molecule has 0 unspecified atom stereocenters. The van der Waals surface area contributed by atoms with Crippen molar-refractivity contribution in [2.24, 2.45) is 0 Å². The number of benzene rings is 2. The molecule has 0 radical (unpaired) electrons. The van der Waals surface area contributed by atoms with Crippen molar-refractivity contribution < 1.29 is 0 Å². The Balaban J connectivity index is 1.78. The lowest BCUT2D eigenvalue weighted by Gasteiger charge is -1.94.